The summed E-state index contributed by atoms with van der Waals surface area (Å²) in [5, 5.41) is 12.8. The molecule has 0 radical (unpaired) electrons. The van der Waals surface area contributed by atoms with Crippen LogP contribution >= 0.6 is 0 Å². The second kappa shape index (κ2) is 6.76. The Hall–Kier alpha value is -1.06. The summed E-state index contributed by atoms with van der Waals surface area (Å²) in [5.74, 6) is 0. The van der Waals surface area contributed by atoms with Crippen LogP contribution in [0, 0.1) is 6.92 Å². The van der Waals surface area contributed by atoms with Gasteiger partial charge in [-0.05, 0) is 38.4 Å². The molecule has 18 heavy (non-hydrogen) atoms. The van der Waals surface area contributed by atoms with Gasteiger partial charge >= 0.3 is 0 Å². The largest absolute Gasteiger partial charge is 0.394 e. The van der Waals surface area contributed by atoms with E-state index in [1.807, 2.05) is 0 Å². The molecule has 0 aromatic heterocycles. The van der Waals surface area contributed by atoms with Crippen LogP contribution in [0.25, 0.3) is 0 Å². The molecule has 3 nitrogen and oxygen atoms in total. The van der Waals surface area contributed by atoms with Gasteiger partial charge in [0.2, 0.25) is 0 Å². The summed E-state index contributed by atoms with van der Waals surface area (Å²) in [6.45, 7) is 8.24. The Balaban J connectivity index is 2.60. The quantitative estimate of drug-likeness (QED) is 0.778. The van der Waals surface area contributed by atoms with Gasteiger partial charge in [0.1, 0.15) is 0 Å². The molecule has 0 aliphatic heterocycles. The molecule has 102 valence electrons. The van der Waals surface area contributed by atoms with Crippen LogP contribution in [-0.2, 0) is 0 Å². The lowest BCUT2D eigenvalue weighted by Gasteiger charge is -2.31. The number of para-hydroxylation sites is 1. The number of nitrogens with zero attached hydrogens (tertiary/aromatic N) is 1. The van der Waals surface area contributed by atoms with Crippen molar-refractivity contribution in [2.45, 2.75) is 32.7 Å². The van der Waals surface area contributed by atoms with Crippen LogP contribution in [0.2, 0.25) is 0 Å². The molecule has 0 spiro atoms. The van der Waals surface area contributed by atoms with E-state index in [0.717, 1.165) is 19.5 Å². The summed E-state index contributed by atoms with van der Waals surface area (Å²) in [5.41, 5.74) is 2.36. The van der Waals surface area contributed by atoms with E-state index in [-0.39, 0.29) is 12.1 Å². The molecule has 1 atom stereocenters. The number of aliphatic hydroxyl groups is 1. The SMILES string of the molecule is CCNC(C)(CO)CCN(C)c1ccccc1C. The van der Waals surface area contributed by atoms with Crippen LogP contribution in [0.15, 0.2) is 24.3 Å². The van der Waals surface area contributed by atoms with E-state index < -0.39 is 0 Å². The van der Waals surface area contributed by atoms with Crippen molar-refractivity contribution in [3.8, 4) is 0 Å². The number of aryl methyl sites for hydroxylation is 1. The maximum Gasteiger partial charge on any atom is 0.0611 e. The molecule has 0 amide bonds. The third-order valence-corrected chi connectivity index (χ3v) is 3.48. The Morgan fingerprint density at radius 1 is 1.33 bits per heavy atom. The molecule has 1 aromatic rings. The van der Waals surface area contributed by atoms with Crippen molar-refractivity contribution < 1.29 is 5.11 Å². The van der Waals surface area contributed by atoms with E-state index >= 15 is 0 Å². The monoisotopic (exact) mass is 250 g/mol. The predicted octanol–water partition coefficient (Wildman–Crippen LogP) is 2.18. The summed E-state index contributed by atoms with van der Waals surface area (Å²) in [6, 6.07) is 8.39. The molecule has 1 aromatic carbocycles. The molecule has 0 aliphatic rings. The lowest BCUT2D eigenvalue weighted by molar-refractivity contribution is 0.169. The zero-order valence-corrected chi connectivity index (χ0v) is 12.0. The Bertz CT molecular complexity index is 367. The van der Waals surface area contributed by atoms with E-state index in [2.05, 4.69) is 62.3 Å². The van der Waals surface area contributed by atoms with Crippen molar-refractivity contribution in [3.05, 3.63) is 29.8 Å². The minimum atomic E-state index is -0.189. The van der Waals surface area contributed by atoms with Crippen LogP contribution in [0.1, 0.15) is 25.8 Å². The first kappa shape index (κ1) is 15.0. The molecule has 0 aliphatic carbocycles. The van der Waals surface area contributed by atoms with Gasteiger partial charge in [-0.25, -0.2) is 0 Å². The Kier molecular flexibility index (Phi) is 5.63. The van der Waals surface area contributed by atoms with Crippen LogP contribution in [0.4, 0.5) is 5.69 Å². The molecule has 0 fully saturated rings. The van der Waals surface area contributed by atoms with Crippen molar-refractivity contribution >= 4 is 5.69 Å². The van der Waals surface area contributed by atoms with E-state index in [4.69, 9.17) is 0 Å². The number of anilines is 1. The van der Waals surface area contributed by atoms with Crippen LogP contribution < -0.4 is 10.2 Å². The molecule has 0 saturated heterocycles. The predicted molar refractivity (Wildman–Crippen MR) is 78.2 cm³/mol. The minimum absolute atomic E-state index is 0.169. The van der Waals surface area contributed by atoms with Crippen molar-refractivity contribution in [1.82, 2.24) is 5.32 Å². The van der Waals surface area contributed by atoms with Crippen LogP contribution in [0.3, 0.4) is 0 Å². The fraction of sp³-hybridized carbons (Fsp3) is 0.600. The smallest absolute Gasteiger partial charge is 0.0611 e. The van der Waals surface area contributed by atoms with Crippen LogP contribution in [-0.4, -0.2) is 37.4 Å². The summed E-state index contributed by atoms with van der Waals surface area (Å²) in [7, 11) is 2.10. The maximum atomic E-state index is 9.47. The second-order valence-electron chi connectivity index (χ2n) is 5.21. The van der Waals surface area contributed by atoms with Crippen molar-refractivity contribution in [2.24, 2.45) is 0 Å². The Morgan fingerprint density at radius 2 is 2.00 bits per heavy atom. The van der Waals surface area contributed by atoms with Gasteiger partial charge in [0.25, 0.3) is 0 Å². The minimum Gasteiger partial charge on any atom is -0.394 e. The third kappa shape index (κ3) is 4.00. The first-order chi connectivity index (χ1) is 8.52. The topological polar surface area (TPSA) is 35.5 Å². The van der Waals surface area contributed by atoms with Gasteiger partial charge in [0, 0.05) is 24.8 Å². The summed E-state index contributed by atoms with van der Waals surface area (Å²) in [6.07, 6.45) is 0.919. The first-order valence-corrected chi connectivity index (χ1v) is 6.65. The number of nitrogens with one attached hydrogen (secondary N) is 1. The Labute approximate surface area is 111 Å². The standard InChI is InChI=1S/C15H26N2O/c1-5-16-15(3,12-18)10-11-17(4)14-9-7-6-8-13(14)2/h6-9,16,18H,5,10-12H2,1-4H3. The fourth-order valence-electron chi connectivity index (χ4n) is 2.18. The van der Waals surface area contributed by atoms with Gasteiger partial charge in [-0.15, -0.1) is 0 Å². The molecule has 2 N–H and O–H groups in total. The number of hydrogen-bond donors (Lipinski definition) is 2. The zero-order valence-electron chi connectivity index (χ0n) is 12.0. The van der Waals surface area contributed by atoms with Crippen LogP contribution in [0.5, 0.6) is 0 Å². The normalized spacial score (nSPS) is 14.3. The van der Waals surface area contributed by atoms with Gasteiger partial charge in [-0.2, -0.15) is 0 Å². The van der Waals surface area contributed by atoms with Crippen molar-refractivity contribution in [1.29, 1.82) is 0 Å². The fourth-order valence-corrected chi connectivity index (χ4v) is 2.18. The number of rotatable bonds is 7. The molecular weight excluding hydrogens is 224 g/mol. The molecule has 1 rings (SSSR count). The van der Waals surface area contributed by atoms with E-state index in [1.54, 1.807) is 0 Å². The average molecular weight is 250 g/mol. The van der Waals surface area contributed by atoms with Crippen molar-refractivity contribution in [2.75, 3.05) is 31.6 Å². The summed E-state index contributed by atoms with van der Waals surface area (Å²) in [4.78, 5) is 2.25. The molecule has 0 saturated carbocycles. The zero-order chi connectivity index (χ0) is 13.6. The molecule has 1 unspecified atom stereocenters. The molecule has 0 heterocycles. The number of hydrogen-bond acceptors (Lipinski definition) is 3. The number of aliphatic hydroxyl groups excluding tert-OH is 1. The summed E-state index contributed by atoms with van der Waals surface area (Å²) < 4.78 is 0. The van der Waals surface area contributed by atoms with Gasteiger partial charge in [-0.3, -0.25) is 0 Å². The van der Waals surface area contributed by atoms with Crippen molar-refractivity contribution in [3.63, 3.8) is 0 Å². The Morgan fingerprint density at radius 3 is 2.56 bits per heavy atom. The highest BCUT2D eigenvalue weighted by atomic mass is 16.3. The number of benzene rings is 1. The van der Waals surface area contributed by atoms with E-state index in [0.29, 0.717) is 0 Å². The highest BCUT2D eigenvalue weighted by molar-refractivity contribution is 5.52. The molecule has 3 heteroatoms. The highest BCUT2D eigenvalue weighted by Crippen LogP contribution is 2.19. The highest BCUT2D eigenvalue weighted by Gasteiger charge is 2.22. The summed E-state index contributed by atoms with van der Waals surface area (Å²) >= 11 is 0. The lowest BCUT2D eigenvalue weighted by atomic mass is 9.98. The maximum absolute atomic E-state index is 9.47. The van der Waals surface area contributed by atoms with Gasteiger partial charge in [0.05, 0.1) is 6.61 Å². The van der Waals surface area contributed by atoms with Gasteiger partial charge < -0.3 is 15.3 Å². The molecule has 0 bridgehead atoms. The third-order valence-electron chi connectivity index (χ3n) is 3.48. The van der Waals surface area contributed by atoms with E-state index in [1.165, 1.54) is 11.3 Å². The average Bonchev–Trinajstić information content (AvgIpc) is 2.37. The second-order valence-corrected chi connectivity index (χ2v) is 5.21. The van der Waals surface area contributed by atoms with Gasteiger partial charge in [-0.1, -0.05) is 25.1 Å². The first-order valence-electron chi connectivity index (χ1n) is 6.65. The van der Waals surface area contributed by atoms with Gasteiger partial charge in [0.15, 0.2) is 0 Å². The number of likely N-dealkylation sites (N-methyl/N-ethyl adjacent to an activating group) is 1. The lowest BCUT2D eigenvalue weighted by Crippen LogP contribution is -2.47. The molecular formula is C15H26N2O. The van der Waals surface area contributed by atoms with E-state index in [9.17, 15) is 5.11 Å².